The Bertz CT molecular complexity index is 881. The van der Waals surface area contributed by atoms with Crippen molar-refractivity contribution in [1.29, 1.82) is 0 Å². The second kappa shape index (κ2) is 10.7. The number of hydrogen-bond donors (Lipinski definition) is 0. The van der Waals surface area contributed by atoms with Crippen LogP contribution < -0.4 is 0 Å². The molecule has 0 bridgehead atoms. The summed E-state index contributed by atoms with van der Waals surface area (Å²) in [5.41, 5.74) is 3.28. The van der Waals surface area contributed by atoms with Gasteiger partial charge >= 0.3 is 0 Å². The van der Waals surface area contributed by atoms with E-state index in [0.717, 1.165) is 68.8 Å². The number of allylic oxidation sites excluding steroid dienone is 2. The van der Waals surface area contributed by atoms with Crippen LogP contribution in [0.15, 0.2) is 35.2 Å². The van der Waals surface area contributed by atoms with Crippen LogP contribution in [0.3, 0.4) is 0 Å². The molecule has 29 heavy (non-hydrogen) atoms. The SMILES string of the molecule is CC(C)=C(C(=O)c1ccc(Cl)cc1Cl)c1ccsc1CCCCN1CCOCC1. The van der Waals surface area contributed by atoms with Crippen LogP contribution in [0.25, 0.3) is 5.57 Å². The lowest BCUT2D eigenvalue weighted by molar-refractivity contribution is 0.0372. The van der Waals surface area contributed by atoms with Gasteiger partial charge in [-0.05, 0) is 74.9 Å². The first kappa shape index (κ1) is 22.5. The molecule has 1 aliphatic heterocycles. The van der Waals surface area contributed by atoms with Gasteiger partial charge in [-0.2, -0.15) is 0 Å². The monoisotopic (exact) mass is 451 g/mol. The predicted molar refractivity (Wildman–Crippen MR) is 124 cm³/mol. The van der Waals surface area contributed by atoms with E-state index < -0.39 is 0 Å². The van der Waals surface area contributed by atoms with Crippen LogP contribution in [0, 0.1) is 0 Å². The number of ether oxygens (including phenoxy) is 1. The molecule has 0 spiro atoms. The lowest BCUT2D eigenvalue weighted by Gasteiger charge is -2.26. The summed E-state index contributed by atoms with van der Waals surface area (Å²) in [4.78, 5) is 17.0. The summed E-state index contributed by atoms with van der Waals surface area (Å²) in [6, 6.07) is 7.11. The molecule has 0 radical (unpaired) electrons. The summed E-state index contributed by atoms with van der Waals surface area (Å²) in [6.07, 6.45) is 3.24. The molecule has 6 heteroatoms. The molecule has 0 N–H and O–H groups in total. The van der Waals surface area contributed by atoms with E-state index in [0.29, 0.717) is 15.6 Å². The van der Waals surface area contributed by atoms with Gasteiger partial charge in [-0.15, -0.1) is 11.3 Å². The summed E-state index contributed by atoms with van der Waals surface area (Å²) in [6.45, 7) is 8.82. The minimum Gasteiger partial charge on any atom is -0.379 e. The number of nitrogens with zero attached hydrogens (tertiary/aromatic N) is 1. The normalized spacial score (nSPS) is 14.8. The fourth-order valence-electron chi connectivity index (χ4n) is 3.63. The second-order valence-corrected chi connectivity index (χ2v) is 9.34. The van der Waals surface area contributed by atoms with Gasteiger partial charge in [0.1, 0.15) is 0 Å². The number of carbonyl (C=O) groups is 1. The number of benzene rings is 1. The predicted octanol–water partition coefficient (Wildman–Crippen LogP) is 6.39. The third-order valence-corrected chi connectivity index (χ3v) is 6.68. The number of Topliss-reactive ketones (excluding diaryl/α,β-unsaturated/α-hetero) is 1. The molecule has 2 aromatic rings. The maximum atomic E-state index is 13.3. The molecule has 1 fully saturated rings. The maximum absolute atomic E-state index is 13.3. The molecular formula is C23H27Cl2NO2S. The van der Waals surface area contributed by atoms with E-state index in [2.05, 4.69) is 16.3 Å². The molecule has 0 saturated carbocycles. The molecule has 3 rings (SSSR count). The Balaban J connectivity index is 1.70. The van der Waals surface area contributed by atoms with Crippen molar-refractivity contribution in [2.75, 3.05) is 32.8 Å². The van der Waals surface area contributed by atoms with Crippen LogP contribution in [0.5, 0.6) is 0 Å². The van der Waals surface area contributed by atoms with Gasteiger partial charge in [-0.3, -0.25) is 9.69 Å². The first-order valence-corrected chi connectivity index (χ1v) is 11.6. The fraction of sp³-hybridized carbons (Fsp3) is 0.435. The molecule has 1 aromatic heterocycles. The Kier molecular flexibility index (Phi) is 8.34. The summed E-state index contributed by atoms with van der Waals surface area (Å²) < 4.78 is 5.41. The zero-order chi connectivity index (χ0) is 20.8. The molecule has 156 valence electrons. The first-order chi connectivity index (χ1) is 14.0. The van der Waals surface area contributed by atoms with E-state index in [1.165, 1.54) is 4.88 Å². The van der Waals surface area contributed by atoms with Gasteiger partial charge in [0, 0.05) is 34.1 Å². The Morgan fingerprint density at radius 1 is 1.10 bits per heavy atom. The number of hydrogen-bond acceptors (Lipinski definition) is 4. The van der Waals surface area contributed by atoms with Crippen molar-refractivity contribution in [3.8, 4) is 0 Å². The van der Waals surface area contributed by atoms with E-state index in [9.17, 15) is 4.79 Å². The zero-order valence-corrected chi connectivity index (χ0v) is 19.3. The fourth-order valence-corrected chi connectivity index (χ4v) is 5.05. The molecule has 0 atom stereocenters. The number of ketones is 1. The van der Waals surface area contributed by atoms with Gasteiger partial charge < -0.3 is 4.74 Å². The number of thiophene rings is 1. The highest BCUT2D eigenvalue weighted by molar-refractivity contribution is 7.10. The summed E-state index contributed by atoms with van der Waals surface area (Å²) in [7, 11) is 0. The van der Waals surface area contributed by atoms with E-state index in [-0.39, 0.29) is 5.78 Å². The number of rotatable bonds is 8. The van der Waals surface area contributed by atoms with E-state index in [1.807, 2.05) is 13.8 Å². The van der Waals surface area contributed by atoms with Crippen LogP contribution in [0.1, 0.15) is 47.5 Å². The van der Waals surface area contributed by atoms with E-state index in [4.69, 9.17) is 27.9 Å². The van der Waals surface area contributed by atoms with E-state index >= 15 is 0 Å². The largest absolute Gasteiger partial charge is 0.379 e. The van der Waals surface area contributed by atoms with Gasteiger partial charge in [0.15, 0.2) is 5.78 Å². The van der Waals surface area contributed by atoms with Gasteiger partial charge in [-0.25, -0.2) is 0 Å². The highest BCUT2D eigenvalue weighted by Crippen LogP contribution is 2.33. The van der Waals surface area contributed by atoms with Crippen molar-refractivity contribution >= 4 is 45.9 Å². The number of halogens is 2. The van der Waals surface area contributed by atoms with Crippen LogP contribution in [0.4, 0.5) is 0 Å². The minimum absolute atomic E-state index is 0.0420. The molecule has 1 aliphatic rings. The molecule has 1 saturated heterocycles. The minimum atomic E-state index is -0.0420. The Morgan fingerprint density at radius 2 is 1.86 bits per heavy atom. The molecule has 2 heterocycles. The zero-order valence-electron chi connectivity index (χ0n) is 17.0. The smallest absolute Gasteiger partial charge is 0.195 e. The highest BCUT2D eigenvalue weighted by Gasteiger charge is 2.21. The van der Waals surface area contributed by atoms with Crippen molar-refractivity contribution in [3.63, 3.8) is 0 Å². The average molecular weight is 452 g/mol. The Morgan fingerprint density at radius 3 is 2.55 bits per heavy atom. The van der Waals surface area contributed by atoms with Crippen molar-refractivity contribution in [3.05, 3.63) is 61.3 Å². The molecule has 0 amide bonds. The van der Waals surface area contributed by atoms with Gasteiger partial charge in [0.05, 0.1) is 18.2 Å². The Hall–Kier alpha value is -1.17. The quantitative estimate of drug-likeness (QED) is 0.264. The third kappa shape index (κ3) is 5.93. The van der Waals surface area contributed by atoms with Gasteiger partial charge in [0.2, 0.25) is 0 Å². The van der Waals surface area contributed by atoms with E-state index in [1.54, 1.807) is 29.5 Å². The molecular weight excluding hydrogens is 425 g/mol. The second-order valence-electron chi connectivity index (χ2n) is 7.50. The van der Waals surface area contributed by atoms with Crippen molar-refractivity contribution < 1.29 is 9.53 Å². The van der Waals surface area contributed by atoms with Gasteiger partial charge in [-0.1, -0.05) is 28.8 Å². The third-order valence-electron chi connectivity index (χ3n) is 5.15. The lowest BCUT2D eigenvalue weighted by Crippen LogP contribution is -2.36. The summed E-state index contributed by atoms with van der Waals surface area (Å²) >= 11 is 14.0. The summed E-state index contributed by atoms with van der Waals surface area (Å²) in [5.74, 6) is -0.0420. The van der Waals surface area contributed by atoms with Crippen molar-refractivity contribution in [2.45, 2.75) is 33.1 Å². The molecule has 3 nitrogen and oxygen atoms in total. The van der Waals surface area contributed by atoms with Crippen LogP contribution in [0.2, 0.25) is 10.0 Å². The molecule has 0 unspecified atom stereocenters. The number of morpholine rings is 1. The average Bonchev–Trinajstić information content (AvgIpc) is 3.13. The van der Waals surface area contributed by atoms with Crippen molar-refractivity contribution in [1.82, 2.24) is 4.90 Å². The highest BCUT2D eigenvalue weighted by atomic mass is 35.5. The van der Waals surface area contributed by atoms with Crippen LogP contribution in [-0.4, -0.2) is 43.5 Å². The van der Waals surface area contributed by atoms with Crippen LogP contribution >= 0.6 is 34.5 Å². The first-order valence-electron chi connectivity index (χ1n) is 10.0. The van der Waals surface area contributed by atoms with Crippen LogP contribution in [-0.2, 0) is 11.2 Å². The molecule has 0 aliphatic carbocycles. The molecule has 1 aromatic carbocycles. The number of unbranched alkanes of at least 4 members (excludes halogenated alkanes) is 1. The van der Waals surface area contributed by atoms with Crippen molar-refractivity contribution in [2.24, 2.45) is 0 Å². The number of carbonyl (C=O) groups excluding carboxylic acids is 1. The lowest BCUT2D eigenvalue weighted by atomic mass is 9.92. The standard InChI is InChI=1S/C23H27Cl2NO2S/c1-16(2)22(23(27)18-7-6-17(24)15-20(18)25)19-8-14-29-21(19)5-3-4-9-26-10-12-28-13-11-26/h6-8,14-15H,3-5,9-13H2,1-2H3. The topological polar surface area (TPSA) is 29.5 Å². The summed E-state index contributed by atoms with van der Waals surface area (Å²) in [5, 5.41) is 3.00. The maximum Gasteiger partial charge on any atom is 0.195 e. The Labute approximate surface area is 187 Å². The van der Waals surface area contributed by atoms with Gasteiger partial charge in [0.25, 0.3) is 0 Å². The number of aryl methyl sites for hydroxylation is 1.